The zero-order valence-corrected chi connectivity index (χ0v) is 5.15. The zero-order chi connectivity index (χ0) is 5.33. The molecule has 0 amide bonds. The summed E-state index contributed by atoms with van der Waals surface area (Å²) in [6, 6.07) is 0. The van der Waals surface area contributed by atoms with E-state index in [0.717, 1.165) is 0 Å². The Morgan fingerprint density at radius 1 is 1.29 bits per heavy atom. The molecule has 1 aliphatic rings. The number of allylic oxidation sites excluding steroid dienone is 2. The molecule has 0 aliphatic heterocycles. The van der Waals surface area contributed by atoms with Crippen LogP contribution in [0, 0.1) is 0 Å². The monoisotopic (exact) mass is 112 g/mol. The van der Waals surface area contributed by atoms with E-state index in [1.807, 2.05) is 12.2 Å². The highest BCUT2D eigenvalue weighted by molar-refractivity contribution is 7.82. The van der Waals surface area contributed by atoms with Crippen LogP contribution in [0.25, 0.3) is 0 Å². The van der Waals surface area contributed by atoms with Crippen molar-refractivity contribution in [1.82, 2.24) is 0 Å². The van der Waals surface area contributed by atoms with Gasteiger partial charge in [-0.05, 0) is 6.92 Å². The smallest absolute Gasteiger partial charge is 0.0466 e. The molecule has 0 unspecified atom stereocenters. The van der Waals surface area contributed by atoms with Crippen molar-refractivity contribution >= 4 is 12.6 Å². The molecule has 7 heavy (non-hydrogen) atoms. The summed E-state index contributed by atoms with van der Waals surface area (Å²) in [6.45, 7) is 2.05. The second kappa shape index (κ2) is 1.41. The summed E-state index contributed by atoms with van der Waals surface area (Å²) in [6.07, 6.45) is 8.12. The first-order chi connectivity index (χ1) is 3.21. The lowest BCUT2D eigenvalue weighted by Crippen LogP contribution is -2.03. The van der Waals surface area contributed by atoms with Crippen molar-refractivity contribution in [2.24, 2.45) is 0 Å². The fraction of sp³-hybridized carbons (Fsp3) is 0.333. The van der Waals surface area contributed by atoms with Crippen molar-refractivity contribution in [3.8, 4) is 0 Å². The Bertz CT molecular complexity index is 106. The minimum absolute atomic E-state index is 0.0278. The van der Waals surface area contributed by atoms with Crippen molar-refractivity contribution in [3.63, 3.8) is 0 Å². The number of rotatable bonds is 0. The molecule has 0 aromatic rings. The van der Waals surface area contributed by atoms with Crippen LogP contribution in [0.2, 0.25) is 0 Å². The Morgan fingerprint density at radius 3 is 1.86 bits per heavy atom. The SMILES string of the molecule is CC1(S)C=CC=C1. The van der Waals surface area contributed by atoms with Crippen LogP contribution < -0.4 is 0 Å². The highest BCUT2D eigenvalue weighted by atomic mass is 32.1. The maximum absolute atomic E-state index is 4.28. The van der Waals surface area contributed by atoms with Gasteiger partial charge in [-0.25, -0.2) is 0 Å². The molecule has 0 bridgehead atoms. The predicted molar refractivity (Wildman–Crippen MR) is 35.7 cm³/mol. The standard InChI is InChI=1S/C6H8S/c1-6(7)4-2-3-5-6/h2-5,7H,1H3. The fourth-order valence-electron chi connectivity index (χ4n) is 0.556. The molecule has 0 spiro atoms. The van der Waals surface area contributed by atoms with Crippen LogP contribution in [0.5, 0.6) is 0 Å². The topological polar surface area (TPSA) is 0 Å². The first kappa shape index (κ1) is 4.98. The molecule has 1 heteroatoms. The van der Waals surface area contributed by atoms with E-state index in [9.17, 15) is 0 Å². The Labute approximate surface area is 49.3 Å². The van der Waals surface area contributed by atoms with Crippen molar-refractivity contribution in [3.05, 3.63) is 24.3 Å². The third-order valence-corrected chi connectivity index (χ3v) is 1.28. The van der Waals surface area contributed by atoms with Gasteiger partial charge < -0.3 is 0 Å². The number of thiol groups is 1. The molecule has 0 fully saturated rings. The van der Waals surface area contributed by atoms with Crippen LogP contribution in [0.15, 0.2) is 24.3 Å². The third kappa shape index (κ3) is 1.10. The summed E-state index contributed by atoms with van der Waals surface area (Å²) < 4.78 is 0.0278. The lowest BCUT2D eigenvalue weighted by atomic mass is 10.2. The lowest BCUT2D eigenvalue weighted by Gasteiger charge is -2.06. The maximum atomic E-state index is 4.28. The van der Waals surface area contributed by atoms with Crippen LogP contribution in [0.1, 0.15) is 6.92 Å². The molecule has 0 heterocycles. The molecule has 38 valence electrons. The lowest BCUT2D eigenvalue weighted by molar-refractivity contribution is 1.04. The second-order valence-corrected chi connectivity index (χ2v) is 2.91. The Hall–Kier alpha value is -0.170. The second-order valence-electron chi connectivity index (χ2n) is 1.94. The quantitative estimate of drug-likeness (QED) is 0.454. The summed E-state index contributed by atoms with van der Waals surface area (Å²) >= 11 is 4.28. The summed E-state index contributed by atoms with van der Waals surface area (Å²) in [5.41, 5.74) is 0. The van der Waals surface area contributed by atoms with Gasteiger partial charge in [-0.2, -0.15) is 12.6 Å². The van der Waals surface area contributed by atoms with E-state index in [1.54, 1.807) is 0 Å². The first-order valence-corrected chi connectivity index (χ1v) is 2.75. The van der Waals surface area contributed by atoms with Crippen molar-refractivity contribution < 1.29 is 0 Å². The number of hydrogen-bond donors (Lipinski definition) is 1. The first-order valence-electron chi connectivity index (χ1n) is 2.30. The van der Waals surface area contributed by atoms with E-state index >= 15 is 0 Å². The normalized spacial score (nSPS) is 23.7. The van der Waals surface area contributed by atoms with E-state index in [2.05, 4.69) is 31.7 Å². The van der Waals surface area contributed by atoms with Crippen molar-refractivity contribution in [2.45, 2.75) is 11.7 Å². The van der Waals surface area contributed by atoms with E-state index in [1.165, 1.54) is 0 Å². The molecule has 0 saturated carbocycles. The largest absolute Gasteiger partial charge is 0.164 e. The van der Waals surface area contributed by atoms with Crippen LogP contribution in [0.3, 0.4) is 0 Å². The molecule has 0 saturated heterocycles. The van der Waals surface area contributed by atoms with E-state index in [-0.39, 0.29) is 4.75 Å². The highest BCUT2D eigenvalue weighted by Crippen LogP contribution is 2.20. The number of hydrogen-bond acceptors (Lipinski definition) is 1. The van der Waals surface area contributed by atoms with Gasteiger partial charge in [0, 0.05) is 4.75 Å². The summed E-state index contributed by atoms with van der Waals surface area (Å²) in [4.78, 5) is 0. The third-order valence-electron chi connectivity index (χ3n) is 0.978. The molecule has 0 radical (unpaired) electrons. The average molecular weight is 112 g/mol. The molecular formula is C6H8S. The van der Waals surface area contributed by atoms with Gasteiger partial charge in [0.1, 0.15) is 0 Å². The molecule has 0 N–H and O–H groups in total. The minimum atomic E-state index is 0.0278. The van der Waals surface area contributed by atoms with E-state index in [4.69, 9.17) is 0 Å². The highest BCUT2D eigenvalue weighted by Gasteiger charge is 2.11. The van der Waals surface area contributed by atoms with Gasteiger partial charge >= 0.3 is 0 Å². The predicted octanol–water partition coefficient (Wildman–Crippen LogP) is 1.80. The zero-order valence-electron chi connectivity index (χ0n) is 4.26. The van der Waals surface area contributed by atoms with Gasteiger partial charge in [-0.3, -0.25) is 0 Å². The van der Waals surface area contributed by atoms with Gasteiger partial charge in [-0.15, -0.1) is 0 Å². The summed E-state index contributed by atoms with van der Waals surface area (Å²) in [7, 11) is 0. The molecule has 0 aromatic carbocycles. The maximum Gasteiger partial charge on any atom is 0.0466 e. The van der Waals surface area contributed by atoms with Gasteiger partial charge in [0.15, 0.2) is 0 Å². The average Bonchev–Trinajstić information content (AvgIpc) is 1.84. The molecule has 0 nitrogen and oxygen atoms in total. The van der Waals surface area contributed by atoms with Crippen molar-refractivity contribution in [1.29, 1.82) is 0 Å². The molecular weight excluding hydrogens is 104 g/mol. The van der Waals surface area contributed by atoms with Gasteiger partial charge in [0.05, 0.1) is 0 Å². The Kier molecular flexibility index (Phi) is 1.00. The van der Waals surface area contributed by atoms with Gasteiger partial charge in [0.2, 0.25) is 0 Å². The van der Waals surface area contributed by atoms with Crippen LogP contribution in [0.4, 0.5) is 0 Å². The minimum Gasteiger partial charge on any atom is -0.164 e. The van der Waals surface area contributed by atoms with Gasteiger partial charge in [0.25, 0.3) is 0 Å². The molecule has 1 aliphatic carbocycles. The Morgan fingerprint density at radius 2 is 1.71 bits per heavy atom. The molecule has 0 aromatic heterocycles. The van der Waals surface area contributed by atoms with Gasteiger partial charge in [-0.1, -0.05) is 24.3 Å². The van der Waals surface area contributed by atoms with Crippen LogP contribution in [-0.2, 0) is 0 Å². The summed E-state index contributed by atoms with van der Waals surface area (Å²) in [5, 5.41) is 0. The Balaban J connectivity index is 2.77. The van der Waals surface area contributed by atoms with Crippen LogP contribution >= 0.6 is 12.6 Å². The van der Waals surface area contributed by atoms with Crippen LogP contribution in [-0.4, -0.2) is 4.75 Å². The molecule has 1 rings (SSSR count). The fourth-order valence-corrected chi connectivity index (χ4v) is 0.728. The van der Waals surface area contributed by atoms with E-state index in [0.29, 0.717) is 0 Å². The van der Waals surface area contributed by atoms with E-state index < -0.39 is 0 Å². The summed E-state index contributed by atoms with van der Waals surface area (Å²) in [5.74, 6) is 0. The molecule has 0 atom stereocenters. The van der Waals surface area contributed by atoms with Crippen molar-refractivity contribution in [2.75, 3.05) is 0 Å².